The van der Waals surface area contributed by atoms with Gasteiger partial charge >= 0.3 is 0 Å². The lowest BCUT2D eigenvalue weighted by Gasteiger charge is -2.26. The van der Waals surface area contributed by atoms with E-state index in [0.717, 1.165) is 18.5 Å². The zero-order valence-corrected chi connectivity index (χ0v) is 12.2. The Bertz CT molecular complexity index is 392. The molecule has 0 fully saturated rings. The molecule has 108 valence electrons. The van der Waals surface area contributed by atoms with Gasteiger partial charge in [0.15, 0.2) is 11.6 Å². The van der Waals surface area contributed by atoms with Crippen LogP contribution in [0.5, 0.6) is 0 Å². The molecule has 0 spiro atoms. The third-order valence-electron chi connectivity index (χ3n) is 3.17. The zero-order chi connectivity index (χ0) is 14.4. The Balaban J connectivity index is 2.45. The van der Waals surface area contributed by atoms with Crippen LogP contribution in [-0.4, -0.2) is 31.6 Å². The first-order valence-corrected chi connectivity index (χ1v) is 6.71. The van der Waals surface area contributed by atoms with Gasteiger partial charge in [-0.05, 0) is 44.1 Å². The Hall–Kier alpha value is -1.00. The van der Waals surface area contributed by atoms with Crippen LogP contribution in [0.25, 0.3) is 0 Å². The van der Waals surface area contributed by atoms with Gasteiger partial charge in [0.2, 0.25) is 0 Å². The highest BCUT2D eigenvalue weighted by Gasteiger charge is 2.12. The van der Waals surface area contributed by atoms with Gasteiger partial charge in [-0.1, -0.05) is 19.9 Å². The normalized spacial score (nSPS) is 13.3. The first-order valence-electron chi connectivity index (χ1n) is 6.71. The lowest BCUT2D eigenvalue weighted by molar-refractivity contribution is 0.246. The minimum absolute atomic E-state index is 0.449. The molecule has 2 nitrogen and oxygen atoms in total. The van der Waals surface area contributed by atoms with Crippen LogP contribution in [0, 0.1) is 17.6 Å². The minimum atomic E-state index is -0.797. The molecule has 0 aromatic heterocycles. The Kier molecular flexibility index (Phi) is 6.38. The zero-order valence-electron chi connectivity index (χ0n) is 12.2. The molecule has 4 heteroatoms. The summed E-state index contributed by atoms with van der Waals surface area (Å²) in [5.74, 6) is -0.946. The summed E-state index contributed by atoms with van der Waals surface area (Å²) in [4.78, 5) is 2.19. The number of rotatable bonds is 7. The number of halogens is 2. The van der Waals surface area contributed by atoms with Crippen molar-refractivity contribution >= 4 is 0 Å². The fraction of sp³-hybridized carbons (Fsp3) is 0.600. The van der Waals surface area contributed by atoms with E-state index in [1.807, 2.05) is 0 Å². The molecule has 0 aliphatic heterocycles. The predicted octanol–water partition coefficient (Wildman–Crippen LogP) is 3.03. The highest BCUT2D eigenvalue weighted by Crippen LogP contribution is 2.10. The summed E-state index contributed by atoms with van der Waals surface area (Å²) in [6, 6.07) is 4.48. The number of nitrogens with one attached hydrogen (secondary N) is 1. The molecule has 0 saturated carbocycles. The molecule has 0 saturated heterocycles. The summed E-state index contributed by atoms with van der Waals surface area (Å²) in [7, 11) is 4.12. The van der Waals surface area contributed by atoms with Crippen molar-refractivity contribution in [3.8, 4) is 0 Å². The van der Waals surface area contributed by atoms with E-state index in [-0.39, 0.29) is 0 Å². The average Bonchev–Trinajstić information content (AvgIpc) is 2.31. The summed E-state index contributed by atoms with van der Waals surface area (Å²) < 4.78 is 25.9. The molecule has 1 rings (SSSR count). The van der Waals surface area contributed by atoms with Gasteiger partial charge in [-0.2, -0.15) is 0 Å². The monoisotopic (exact) mass is 270 g/mol. The fourth-order valence-electron chi connectivity index (χ4n) is 2.05. The van der Waals surface area contributed by atoms with Gasteiger partial charge in [0.25, 0.3) is 0 Å². The fourth-order valence-corrected chi connectivity index (χ4v) is 2.05. The summed E-state index contributed by atoms with van der Waals surface area (Å²) in [5, 5.41) is 3.30. The molecule has 0 aliphatic rings. The summed E-state index contributed by atoms with van der Waals surface area (Å²) in [6.45, 7) is 5.79. The largest absolute Gasteiger partial charge is 0.311 e. The van der Waals surface area contributed by atoms with Crippen LogP contribution in [0.15, 0.2) is 18.2 Å². The second-order valence-corrected chi connectivity index (χ2v) is 5.63. The van der Waals surface area contributed by atoms with Gasteiger partial charge in [0.1, 0.15) is 0 Å². The second kappa shape index (κ2) is 7.56. The van der Waals surface area contributed by atoms with E-state index >= 15 is 0 Å². The van der Waals surface area contributed by atoms with Crippen molar-refractivity contribution in [1.82, 2.24) is 10.2 Å². The van der Waals surface area contributed by atoms with E-state index in [9.17, 15) is 8.78 Å². The van der Waals surface area contributed by atoms with E-state index in [2.05, 4.69) is 38.2 Å². The molecule has 0 amide bonds. The third-order valence-corrected chi connectivity index (χ3v) is 3.17. The number of nitrogens with zero attached hydrogens (tertiary/aromatic N) is 1. The van der Waals surface area contributed by atoms with Crippen molar-refractivity contribution in [1.29, 1.82) is 0 Å². The highest BCUT2D eigenvalue weighted by molar-refractivity contribution is 5.17. The molecule has 1 N–H and O–H groups in total. The van der Waals surface area contributed by atoms with Gasteiger partial charge in [0, 0.05) is 19.1 Å². The van der Waals surface area contributed by atoms with Gasteiger partial charge < -0.3 is 10.2 Å². The van der Waals surface area contributed by atoms with Gasteiger partial charge in [-0.3, -0.25) is 0 Å². The van der Waals surface area contributed by atoms with Crippen molar-refractivity contribution < 1.29 is 8.78 Å². The molecule has 1 aromatic carbocycles. The summed E-state index contributed by atoms with van der Waals surface area (Å²) in [6.07, 6.45) is 1.11. The Morgan fingerprint density at radius 3 is 2.37 bits per heavy atom. The van der Waals surface area contributed by atoms with Crippen molar-refractivity contribution in [3.05, 3.63) is 35.4 Å². The van der Waals surface area contributed by atoms with Gasteiger partial charge in [-0.15, -0.1) is 0 Å². The molecule has 1 atom stereocenters. The predicted molar refractivity (Wildman–Crippen MR) is 75.0 cm³/mol. The van der Waals surface area contributed by atoms with E-state index in [1.54, 1.807) is 6.07 Å². The van der Waals surface area contributed by atoms with Crippen molar-refractivity contribution in [2.75, 3.05) is 20.6 Å². The van der Waals surface area contributed by atoms with Crippen LogP contribution >= 0.6 is 0 Å². The van der Waals surface area contributed by atoms with Crippen molar-refractivity contribution in [2.45, 2.75) is 32.9 Å². The smallest absolute Gasteiger partial charge is 0.159 e. The third kappa shape index (κ3) is 5.66. The molecular formula is C15H24F2N2. The lowest BCUT2D eigenvalue weighted by Crippen LogP contribution is -2.38. The standard InChI is InChI=1S/C15H24F2N2/c1-11(2)7-13(19(3)4)10-18-9-12-5-6-14(16)15(17)8-12/h5-6,8,11,13,18H,7,9-10H2,1-4H3. The Labute approximate surface area is 114 Å². The van der Waals surface area contributed by atoms with Gasteiger partial charge in [-0.25, -0.2) is 8.78 Å². The molecule has 0 bridgehead atoms. The quantitative estimate of drug-likeness (QED) is 0.819. The average molecular weight is 270 g/mol. The number of hydrogen-bond acceptors (Lipinski definition) is 2. The Morgan fingerprint density at radius 1 is 1.16 bits per heavy atom. The second-order valence-electron chi connectivity index (χ2n) is 5.63. The molecule has 1 aromatic rings. The summed E-state index contributed by atoms with van der Waals surface area (Å²) >= 11 is 0. The van der Waals surface area contributed by atoms with Crippen LogP contribution in [0.2, 0.25) is 0 Å². The summed E-state index contributed by atoms with van der Waals surface area (Å²) in [5.41, 5.74) is 0.765. The van der Waals surface area contributed by atoms with Crippen molar-refractivity contribution in [2.24, 2.45) is 5.92 Å². The molecule has 1 unspecified atom stereocenters. The van der Waals surface area contributed by atoms with Crippen LogP contribution < -0.4 is 5.32 Å². The SMILES string of the molecule is CC(C)CC(CNCc1ccc(F)c(F)c1)N(C)C. The Morgan fingerprint density at radius 2 is 1.84 bits per heavy atom. The number of hydrogen-bond donors (Lipinski definition) is 1. The van der Waals surface area contributed by atoms with Crippen LogP contribution in [0.4, 0.5) is 8.78 Å². The molecule has 0 heterocycles. The highest BCUT2D eigenvalue weighted by atomic mass is 19.2. The minimum Gasteiger partial charge on any atom is -0.311 e. The first kappa shape index (κ1) is 16.1. The number of benzene rings is 1. The molecule has 0 aliphatic carbocycles. The van der Waals surface area contributed by atoms with Crippen LogP contribution in [0.3, 0.4) is 0 Å². The van der Waals surface area contributed by atoms with Gasteiger partial charge in [0.05, 0.1) is 0 Å². The number of likely N-dealkylation sites (N-methyl/N-ethyl adjacent to an activating group) is 1. The van der Waals surface area contributed by atoms with Crippen LogP contribution in [0.1, 0.15) is 25.8 Å². The van der Waals surface area contributed by atoms with E-state index in [0.29, 0.717) is 18.5 Å². The van der Waals surface area contributed by atoms with E-state index in [1.165, 1.54) is 12.1 Å². The molecule has 19 heavy (non-hydrogen) atoms. The topological polar surface area (TPSA) is 15.3 Å². The maximum absolute atomic E-state index is 13.1. The first-order chi connectivity index (χ1) is 8.90. The molecular weight excluding hydrogens is 246 g/mol. The lowest BCUT2D eigenvalue weighted by atomic mass is 10.0. The maximum Gasteiger partial charge on any atom is 0.159 e. The van der Waals surface area contributed by atoms with E-state index in [4.69, 9.17) is 0 Å². The van der Waals surface area contributed by atoms with Crippen molar-refractivity contribution in [3.63, 3.8) is 0 Å². The van der Waals surface area contributed by atoms with E-state index < -0.39 is 11.6 Å². The van der Waals surface area contributed by atoms with Crippen LogP contribution in [-0.2, 0) is 6.54 Å². The molecule has 0 radical (unpaired) electrons. The maximum atomic E-state index is 13.1.